The second kappa shape index (κ2) is 9.41. The van der Waals surface area contributed by atoms with E-state index in [2.05, 4.69) is 16.3 Å². The number of nitrogens with one attached hydrogen (secondary N) is 1. The molecular formula is C25H30ClN3O2. The number of rotatable bonds is 7. The highest BCUT2D eigenvalue weighted by molar-refractivity contribution is 6.31. The molecule has 0 aromatic heterocycles. The fourth-order valence-electron chi connectivity index (χ4n) is 4.71. The minimum Gasteiger partial charge on any atom is -0.385 e. The molecule has 2 saturated heterocycles. The molecule has 2 atom stereocenters. The Balaban J connectivity index is 1.20. The molecule has 0 spiro atoms. The zero-order chi connectivity index (χ0) is 22.0. The van der Waals surface area contributed by atoms with E-state index >= 15 is 0 Å². The number of likely N-dealkylation sites (tertiary alicyclic amines) is 2. The van der Waals surface area contributed by atoms with E-state index in [0.717, 1.165) is 62.0 Å². The second-order valence-corrected chi connectivity index (χ2v) is 9.27. The summed E-state index contributed by atoms with van der Waals surface area (Å²) in [5.41, 5.74) is 3.48. The molecule has 5 nitrogen and oxygen atoms in total. The molecule has 6 heteroatoms. The SMILES string of the molecule is CC(=O)c1ccc(C(=O)N2CC3CN(CCCNc4ccc(C)c(Cl)c4)CC3C2)cc1. The second-order valence-electron chi connectivity index (χ2n) is 8.87. The maximum atomic E-state index is 12.8. The number of carbonyl (C=O) groups is 2. The van der Waals surface area contributed by atoms with Gasteiger partial charge in [0.2, 0.25) is 0 Å². The monoisotopic (exact) mass is 439 g/mol. The van der Waals surface area contributed by atoms with Crippen LogP contribution in [0.1, 0.15) is 39.6 Å². The fourth-order valence-corrected chi connectivity index (χ4v) is 4.89. The minimum absolute atomic E-state index is 0.0210. The molecule has 2 unspecified atom stereocenters. The van der Waals surface area contributed by atoms with Gasteiger partial charge in [0.25, 0.3) is 5.91 Å². The van der Waals surface area contributed by atoms with Gasteiger partial charge in [-0.15, -0.1) is 0 Å². The number of nitrogens with zero attached hydrogens (tertiary/aromatic N) is 2. The lowest BCUT2D eigenvalue weighted by Gasteiger charge is -2.22. The predicted octanol–water partition coefficient (Wildman–Crippen LogP) is 4.36. The number of anilines is 1. The van der Waals surface area contributed by atoms with Crippen molar-refractivity contribution in [1.82, 2.24) is 9.80 Å². The van der Waals surface area contributed by atoms with Crippen LogP contribution in [0.2, 0.25) is 5.02 Å². The maximum absolute atomic E-state index is 12.8. The molecule has 0 saturated carbocycles. The van der Waals surface area contributed by atoms with Crippen LogP contribution >= 0.6 is 11.6 Å². The summed E-state index contributed by atoms with van der Waals surface area (Å²) < 4.78 is 0. The van der Waals surface area contributed by atoms with E-state index in [1.807, 2.05) is 24.0 Å². The van der Waals surface area contributed by atoms with Crippen molar-refractivity contribution < 1.29 is 9.59 Å². The van der Waals surface area contributed by atoms with Gasteiger partial charge in [0.05, 0.1) is 0 Å². The Morgan fingerprint density at radius 1 is 1.00 bits per heavy atom. The largest absolute Gasteiger partial charge is 0.385 e. The highest BCUT2D eigenvalue weighted by Crippen LogP contribution is 2.32. The third-order valence-electron chi connectivity index (χ3n) is 6.54. The van der Waals surface area contributed by atoms with Crippen LogP contribution in [0.4, 0.5) is 5.69 Å². The number of carbonyl (C=O) groups excluding carboxylic acids is 2. The topological polar surface area (TPSA) is 52.7 Å². The van der Waals surface area contributed by atoms with Crippen molar-refractivity contribution in [3.63, 3.8) is 0 Å². The molecule has 2 fully saturated rings. The number of benzene rings is 2. The normalized spacial score (nSPS) is 20.7. The molecule has 0 radical (unpaired) electrons. The van der Waals surface area contributed by atoms with Crippen molar-refractivity contribution in [3.05, 3.63) is 64.2 Å². The molecular weight excluding hydrogens is 410 g/mol. The van der Waals surface area contributed by atoms with Crippen molar-refractivity contribution in [2.24, 2.45) is 11.8 Å². The van der Waals surface area contributed by atoms with Gasteiger partial charge in [-0.25, -0.2) is 0 Å². The number of amides is 1. The van der Waals surface area contributed by atoms with Gasteiger partial charge >= 0.3 is 0 Å². The third-order valence-corrected chi connectivity index (χ3v) is 6.95. The van der Waals surface area contributed by atoms with Gasteiger partial charge in [0, 0.05) is 54.6 Å². The summed E-state index contributed by atoms with van der Waals surface area (Å²) in [6.45, 7) is 9.32. The van der Waals surface area contributed by atoms with Crippen LogP contribution in [0.15, 0.2) is 42.5 Å². The summed E-state index contributed by atoms with van der Waals surface area (Å²) in [6.07, 6.45) is 1.08. The Hall–Kier alpha value is -2.37. The maximum Gasteiger partial charge on any atom is 0.253 e. The molecule has 2 aliphatic heterocycles. The smallest absolute Gasteiger partial charge is 0.253 e. The molecule has 164 valence electrons. The quantitative estimate of drug-likeness (QED) is 0.514. The summed E-state index contributed by atoms with van der Waals surface area (Å²) >= 11 is 6.19. The van der Waals surface area contributed by atoms with Crippen LogP contribution < -0.4 is 5.32 Å². The molecule has 1 amide bonds. The highest BCUT2D eigenvalue weighted by Gasteiger charge is 2.41. The predicted molar refractivity (Wildman–Crippen MR) is 125 cm³/mol. The molecule has 2 aliphatic rings. The lowest BCUT2D eigenvalue weighted by Crippen LogP contribution is -2.33. The first-order valence-corrected chi connectivity index (χ1v) is 11.4. The van der Waals surface area contributed by atoms with E-state index in [4.69, 9.17) is 11.6 Å². The Labute approximate surface area is 189 Å². The molecule has 2 aromatic rings. The Morgan fingerprint density at radius 3 is 2.26 bits per heavy atom. The van der Waals surface area contributed by atoms with Gasteiger partial charge in [-0.1, -0.05) is 29.8 Å². The van der Waals surface area contributed by atoms with Crippen molar-refractivity contribution in [2.75, 3.05) is 44.6 Å². The average molecular weight is 440 g/mol. The molecule has 4 rings (SSSR count). The van der Waals surface area contributed by atoms with Gasteiger partial charge < -0.3 is 15.1 Å². The van der Waals surface area contributed by atoms with Gasteiger partial charge in [0.1, 0.15) is 0 Å². The molecule has 2 heterocycles. The Kier molecular flexibility index (Phi) is 6.63. The van der Waals surface area contributed by atoms with Gasteiger partial charge in [-0.2, -0.15) is 0 Å². The van der Waals surface area contributed by atoms with E-state index in [9.17, 15) is 9.59 Å². The lowest BCUT2D eigenvalue weighted by molar-refractivity contribution is 0.0773. The first kappa shape index (κ1) is 21.8. The molecule has 1 N–H and O–H groups in total. The molecule has 0 aliphatic carbocycles. The summed E-state index contributed by atoms with van der Waals surface area (Å²) in [6, 6.07) is 13.1. The van der Waals surface area contributed by atoms with Crippen molar-refractivity contribution >= 4 is 29.0 Å². The average Bonchev–Trinajstić information content (AvgIpc) is 3.32. The number of aryl methyl sites for hydroxylation is 1. The van der Waals surface area contributed by atoms with Crippen LogP contribution in [0, 0.1) is 18.8 Å². The summed E-state index contributed by atoms with van der Waals surface area (Å²) in [7, 11) is 0. The first-order valence-electron chi connectivity index (χ1n) is 11.0. The summed E-state index contributed by atoms with van der Waals surface area (Å²) in [5, 5.41) is 4.25. The van der Waals surface area contributed by atoms with Gasteiger partial charge in [-0.3, -0.25) is 9.59 Å². The Morgan fingerprint density at radius 2 is 1.65 bits per heavy atom. The number of fused-ring (bicyclic) bond motifs is 1. The van der Waals surface area contributed by atoms with Crippen LogP contribution in [0.3, 0.4) is 0 Å². The van der Waals surface area contributed by atoms with Gasteiger partial charge in [0.15, 0.2) is 5.78 Å². The van der Waals surface area contributed by atoms with E-state index in [0.29, 0.717) is 23.0 Å². The zero-order valence-electron chi connectivity index (χ0n) is 18.2. The van der Waals surface area contributed by atoms with Crippen LogP contribution in [-0.2, 0) is 0 Å². The van der Waals surface area contributed by atoms with Gasteiger partial charge in [-0.05, 0) is 68.5 Å². The summed E-state index contributed by atoms with van der Waals surface area (Å²) in [4.78, 5) is 28.8. The van der Waals surface area contributed by atoms with Crippen LogP contribution in [-0.4, -0.2) is 60.8 Å². The zero-order valence-corrected chi connectivity index (χ0v) is 19.0. The number of Topliss-reactive ketones (excluding diaryl/α,β-unsaturated/α-hetero) is 1. The van der Waals surface area contributed by atoms with Crippen LogP contribution in [0.25, 0.3) is 0 Å². The van der Waals surface area contributed by atoms with E-state index in [1.165, 1.54) is 0 Å². The summed E-state index contributed by atoms with van der Waals surface area (Å²) in [5.74, 6) is 1.22. The lowest BCUT2D eigenvalue weighted by atomic mass is 10.0. The first-order chi connectivity index (χ1) is 14.9. The van der Waals surface area contributed by atoms with Crippen molar-refractivity contribution in [1.29, 1.82) is 0 Å². The van der Waals surface area contributed by atoms with E-state index in [-0.39, 0.29) is 11.7 Å². The third kappa shape index (κ3) is 5.10. The van der Waals surface area contributed by atoms with Crippen LogP contribution in [0.5, 0.6) is 0 Å². The molecule has 31 heavy (non-hydrogen) atoms. The Bertz CT molecular complexity index is 946. The molecule has 2 aromatic carbocycles. The van der Waals surface area contributed by atoms with E-state index < -0.39 is 0 Å². The highest BCUT2D eigenvalue weighted by atomic mass is 35.5. The molecule has 0 bridgehead atoms. The van der Waals surface area contributed by atoms with Crippen molar-refractivity contribution in [2.45, 2.75) is 20.3 Å². The standard InChI is InChI=1S/C25H30ClN3O2/c1-17-4-9-23(12-24(17)26)27-10-3-11-28-13-21-15-29(16-22(21)14-28)25(31)20-7-5-19(6-8-20)18(2)30/h4-9,12,21-22,27H,3,10-11,13-16H2,1-2H3. The fraction of sp³-hybridized carbons (Fsp3) is 0.440. The van der Waals surface area contributed by atoms with Crippen molar-refractivity contribution in [3.8, 4) is 0 Å². The minimum atomic E-state index is 0.0210. The number of ketones is 1. The number of hydrogen-bond donors (Lipinski definition) is 1. The number of hydrogen-bond acceptors (Lipinski definition) is 4. The van der Waals surface area contributed by atoms with E-state index in [1.54, 1.807) is 31.2 Å². The number of halogens is 1.